The molecule has 0 amide bonds. The molecule has 0 aliphatic heterocycles. The van der Waals surface area contributed by atoms with Crippen molar-refractivity contribution < 1.29 is 15.0 Å². The Hall–Kier alpha value is -1.51. The van der Waals surface area contributed by atoms with E-state index in [1.54, 1.807) is 18.2 Å². The molecule has 3 nitrogen and oxygen atoms in total. The Morgan fingerprint density at radius 3 is 2.75 bits per heavy atom. The van der Waals surface area contributed by atoms with Crippen molar-refractivity contribution in [2.24, 2.45) is 0 Å². The number of hydrogen-bond donors (Lipinski definition) is 1. The number of carbonyl (C=O) groups is 1. The molecule has 0 unspecified atom stereocenters. The first-order valence-electron chi connectivity index (χ1n) is 5.64. The van der Waals surface area contributed by atoms with Crippen molar-refractivity contribution in [1.29, 1.82) is 0 Å². The van der Waals surface area contributed by atoms with E-state index < -0.39 is 5.97 Å². The lowest BCUT2D eigenvalue weighted by Gasteiger charge is -2.08. The molecule has 0 saturated carbocycles. The van der Waals surface area contributed by atoms with Crippen LogP contribution in [0, 0.1) is 0 Å². The number of carboxylic acid groups (broad SMARTS) is 1. The highest BCUT2D eigenvalue weighted by molar-refractivity contribution is 5.68. The minimum absolute atomic E-state index is 0.0962. The summed E-state index contributed by atoms with van der Waals surface area (Å²) in [5.41, 5.74) is 1.51. The summed E-state index contributed by atoms with van der Waals surface area (Å²) in [6.45, 7) is 2.12. The molecule has 1 aromatic carbocycles. The predicted molar refractivity (Wildman–Crippen MR) is 60.0 cm³/mol. The van der Waals surface area contributed by atoms with Gasteiger partial charge in [0, 0.05) is 12.4 Å². The van der Waals surface area contributed by atoms with Crippen LogP contribution in [0.2, 0.25) is 0 Å². The van der Waals surface area contributed by atoms with Crippen molar-refractivity contribution >= 4 is 5.97 Å². The summed E-state index contributed by atoms with van der Waals surface area (Å²) in [5.74, 6) is -0.844. The number of hydrogen-bond acceptors (Lipinski definition) is 3. The fraction of sp³-hybridized carbons (Fsp3) is 0.462. The van der Waals surface area contributed by atoms with Gasteiger partial charge >= 0.3 is 0 Å². The summed E-state index contributed by atoms with van der Waals surface area (Å²) in [7, 11) is 0. The molecular weight excluding hydrogens is 204 g/mol. The number of carbonyl (C=O) groups excluding carboxylic acids is 1. The minimum Gasteiger partial charge on any atom is -0.550 e. The van der Waals surface area contributed by atoms with Crippen LogP contribution in [0.25, 0.3) is 0 Å². The molecule has 1 N–H and O–H groups in total. The summed E-state index contributed by atoms with van der Waals surface area (Å²) < 4.78 is 0. The van der Waals surface area contributed by atoms with Crippen LogP contribution < -0.4 is 5.11 Å². The average Bonchev–Trinajstić information content (AvgIpc) is 2.22. The lowest BCUT2D eigenvalue weighted by Crippen LogP contribution is -2.24. The van der Waals surface area contributed by atoms with Gasteiger partial charge in [0.15, 0.2) is 0 Å². The second-order valence-electron chi connectivity index (χ2n) is 3.97. The fourth-order valence-corrected chi connectivity index (χ4v) is 1.68. The van der Waals surface area contributed by atoms with Gasteiger partial charge < -0.3 is 15.0 Å². The van der Waals surface area contributed by atoms with Crippen LogP contribution in [0.1, 0.15) is 37.3 Å². The number of phenolic OH excluding ortho intramolecular Hbond substituents is 1. The van der Waals surface area contributed by atoms with Gasteiger partial charge in [-0.1, -0.05) is 31.9 Å². The Bertz CT molecular complexity index is 358. The van der Waals surface area contributed by atoms with Gasteiger partial charge in [-0.05, 0) is 30.0 Å². The summed E-state index contributed by atoms with van der Waals surface area (Å²) in [4.78, 5) is 10.5. The normalized spacial score (nSPS) is 10.3. The topological polar surface area (TPSA) is 60.4 Å². The van der Waals surface area contributed by atoms with Crippen LogP contribution >= 0.6 is 0 Å². The van der Waals surface area contributed by atoms with Gasteiger partial charge in [-0.2, -0.15) is 0 Å². The third kappa shape index (κ3) is 3.93. The van der Waals surface area contributed by atoms with Crippen molar-refractivity contribution in [3.8, 4) is 5.75 Å². The first-order valence-corrected chi connectivity index (χ1v) is 5.64. The minimum atomic E-state index is -1.09. The molecule has 0 bridgehead atoms. The van der Waals surface area contributed by atoms with E-state index in [1.165, 1.54) is 0 Å². The Morgan fingerprint density at radius 2 is 2.12 bits per heavy atom. The van der Waals surface area contributed by atoms with Crippen LogP contribution in [0.4, 0.5) is 0 Å². The van der Waals surface area contributed by atoms with E-state index in [-0.39, 0.29) is 12.2 Å². The van der Waals surface area contributed by atoms with E-state index >= 15 is 0 Å². The molecule has 0 heterocycles. The van der Waals surface area contributed by atoms with Gasteiger partial charge in [0.25, 0.3) is 0 Å². The quantitative estimate of drug-likeness (QED) is 0.739. The maximum absolute atomic E-state index is 10.5. The molecule has 0 aromatic heterocycles. The first-order chi connectivity index (χ1) is 7.63. The molecule has 1 rings (SSSR count). The van der Waals surface area contributed by atoms with Gasteiger partial charge in [0.2, 0.25) is 0 Å². The van der Waals surface area contributed by atoms with Crippen molar-refractivity contribution in [3.05, 3.63) is 29.3 Å². The number of benzene rings is 1. The third-order valence-corrected chi connectivity index (χ3v) is 2.54. The van der Waals surface area contributed by atoms with Crippen LogP contribution in [0.3, 0.4) is 0 Å². The van der Waals surface area contributed by atoms with Crippen molar-refractivity contribution in [3.63, 3.8) is 0 Å². The van der Waals surface area contributed by atoms with Crippen LogP contribution in [-0.4, -0.2) is 11.1 Å². The second kappa shape index (κ2) is 6.16. The number of rotatable bonds is 6. The van der Waals surface area contributed by atoms with Gasteiger partial charge in [-0.25, -0.2) is 0 Å². The lowest BCUT2D eigenvalue weighted by molar-refractivity contribution is -0.304. The number of phenols is 1. The van der Waals surface area contributed by atoms with Crippen molar-refractivity contribution in [1.82, 2.24) is 0 Å². The van der Waals surface area contributed by atoms with Crippen molar-refractivity contribution in [2.75, 3.05) is 0 Å². The number of aryl methyl sites for hydroxylation is 1. The number of aromatic hydroxyl groups is 1. The molecular formula is C13H17O3-. The van der Waals surface area contributed by atoms with Gasteiger partial charge in [0.05, 0.1) is 0 Å². The first kappa shape index (κ1) is 12.6. The lowest BCUT2D eigenvalue weighted by atomic mass is 10.0. The molecule has 0 radical (unpaired) electrons. The average molecular weight is 221 g/mol. The zero-order valence-corrected chi connectivity index (χ0v) is 9.53. The van der Waals surface area contributed by atoms with E-state index in [1.807, 2.05) is 0 Å². The SMILES string of the molecule is CCCCCc1cc(CC(=O)[O-])ccc1O. The highest BCUT2D eigenvalue weighted by atomic mass is 16.4. The zero-order valence-electron chi connectivity index (χ0n) is 9.53. The highest BCUT2D eigenvalue weighted by Gasteiger charge is 2.03. The monoisotopic (exact) mass is 221 g/mol. The van der Waals surface area contributed by atoms with E-state index in [0.717, 1.165) is 31.2 Å². The van der Waals surface area contributed by atoms with Crippen LogP contribution in [0.5, 0.6) is 5.75 Å². The number of aliphatic carboxylic acids is 1. The Labute approximate surface area is 95.7 Å². The molecule has 0 aliphatic carbocycles. The molecule has 0 spiro atoms. The largest absolute Gasteiger partial charge is 0.550 e. The van der Waals surface area contributed by atoms with E-state index in [2.05, 4.69) is 6.92 Å². The molecule has 88 valence electrons. The smallest absolute Gasteiger partial charge is 0.118 e. The molecule has 1 aromatic rings. The van der Waals surface area contributed by atoms with Gasteiger partial charge in [-0.15, -0.1) is 0 Å². The maximum atomic E-state index is 10.5. The summed E-state index contributed by atoms with van der Waals surface area (Å²) in [6, 6.07) is 4.93. The van der Waals surface area contributed by atoms with Gasteiger partial charge in [0.1, 0.15) is 5.75 Å². The molecule has 0 aliphatic rings. The Kier molecular flexibility index (Phi) is 4.83. The molecule has 0 fully saturated rings. The fourth-order valence-electron chi connectivity index (χ4n) is 1.68. The zero-order chi connectivity index (χ0) is 12.0. The van der Waals surface area contributed by atoms with Gasteiger partial charge in [-0.3, -0.25) is 0 Å². The second-order valence-corrected chi connectivity index (χ2v) is 3.97. The highest BCUT2D eigenvalue weighted by Crippen LogP contribution is 2.21. The summed E-state index contributed by atoms with van der Waals surface area (Å²) >= 11 is 0. The predicted octanol–water partition coefficient (Wildman–Crippen LogP) is 1.42. The summed E-state index contributed by atoms with van der Waals surface area (Å²) in [6.07, 6.45) is 3.95. The van der Waals surface area contributed by atoms with Crippen molar-refractivity contribution in [2.45, 2.75) is 39.0 Å². The molecule has 0 atom stereocenters. The van der Waals surface area contributed by atoms with Crippen LogP contribution in [-0.2, 0) is 17.6 Å². The van der Waals surface area contributed by atoms with E-state index in [0.29, 0.717) is 5.56 Å². The Balaban J connectivity index is 2.70. The molecule has 3 heteroatoms. The molecule has 0 saturated heterocycles. The summed E-state index contributed by atoms with van der Waals surface area (Å²) in [5, 5.41) is 20.1. The Morgan fingerprint density at radius 1 is 1.38 bits per heavy atom. The number of carboxylic acids is 1. The maximum Gasteiger partial charge on any atom is 0.118 e. The molecule has 16 heavy (non-hydrogen) atoms. The standard InChI is InChI=1S/C13H18O3/c1-2-3-4-5-11-8-10(9-13(15)16)6-7-12(11)14/h6-8,14H,2-5,9H2,1H3,(H,15,16)/p-1. The van der Waals surface area contributed by atoms with E-state index in [9.17, 15) is 15.0 Å². The van der Waals surface area contributed by atoms with Crippen LogP contribution in [0.15, 0.2) is 18.2 Å². The number of unbranched alkanes of at least 4 members (excludes halogenated alkanes) is 2. The van der Waals surface area contributed by atoms with E-state index in [4.69, 9.17) is 0 Å². The third-order valence-electron chi connectivity index (χ3n) is 2.54.